The summed E-state index contributed by atoms with van der Waals surface area (Å²) in [6.07, 6.45) is 4.47. The standard InChI is InChI=1S/C11H22N3/c1-5-7-13-9-11(10(3)4)14(12-13)8-6-2/h9-10H,5-8H2,1-4H3/q+1. The number of hydrogen-bond donors (Lipinski definition) is 0. The summed E-state index contributed by atoms with van der Waals surface area (Å²) in [7, 11) is 0. The lowest BCUT2D eigenvalue weighted by Crippen LogP contribution is -2.35. The van der Waals surface area contributed by atoms with Crippen LogP contribution in [0.1, 0.15) is 52.1 Å². The lowest BCUT2D eigenvalue weighted by atomic mass is 10.1. The van der Waals surface area contributed by atoms with Gasteiger partial charge in [0.15, 0.2) is 11.9 Å². The molecule has 1 rings (SSSR count). The van der Waals surface area contributed by atoms with E-state index in [9.17, 15) is 0 Å². The van der Waals surface area contributed by atoms with Crippen LogP contribution in [-0.2, 0) is 13.1 Å². The first-order chi connectivity index (χ1) is 6.69. The number of hydrogen-bond acceptors (Lipinski definition) is 1. The van der Waals surface area contributed by atoms with Gasteiger partial charge in [-0.2, -0.15) is 0 Å². The third-order valence-corrected chi connectivity index (χ3v) is 2.28. The molecular formula is C11H22N3+. The monoisotopic (exact) mass is 196 g/mol. The second kappa shape index (κ2) is 5.13. The van der Waals surface area contributed by atoms with Crippen molar-refractivity contribution in [3.8, 4) is 0 Å². The maximum absolute atomic E-state index is 4.54. The van der Waals surface area contributed by atoms with Crippen LogP contribution in [0.3, 0.4) is 0 Å². The van der Waals surface area contributed by atoms with Crippen molar-refractivity contribution in [2.45, 2.75) is 59.5 Å². The van der Waals surface area contributed by atoms with Crippen molar-refractivity contribution in [2.75, 3.05) is 0 Å². The van der Waals surface area contributed by atoms with Crippen LogP contribution < -0.4 is 4.68 Å². The number of aromatic nitrogens is 3. The Hall–Kier alpha value is -0.860. The lowest BCUT2D eigenvalue weighted by molar-refractivity contribution is -0.755. The van der Waals surface area contributed by atoms with E-state index in [1.54, 1.807) is 0 Å². The maximum atomic E-state index is 4.54. The van der Waals surface area contributed by atoms with Crippen molar-refractivity contribution >= 4 is 0 Å². The molecule has 0 atom stereocenters. The first-order valence-electron chi connectivity index (χ1n) is 5.66. The van der Waals surface area contributed by atoms with Crippen LogP contribution in [0.25, 0.3) is 0 Å². The average Bonchev–Trinajstić information content (AvgIpc) is 2.49. The van der Waals surface area contributed by atoms with Crippen LogP contribution >= 0.6 is 0 Å². The molecule has 1 aromatic rings. The zero-order valence-electron chi connectivity index (χ0n) is 9.82. The molecule has 0 aromatic carbocycles. The van der Waals surface area contributed by atoms with E-state index in [0.29, 0.717) is 5.92 Å². The Labute approximate surface area is 86.7 Å². The van der Waals surface area contributed by atoms with Crippen molar-refractivity contribution in [3.63, 3.8) is 0 Å². The minimum Gasteiger partial charge on any atom is -0.137 e. The number of nitrogens with zero attached hydrogens (tertiary/aromatic N) is 3. The van der Waals surface area contributed by atoms with Gasteiger partial charge < -0.3 is 0 Å². The second-order valence-electron chi connectivity index (χ2n) is 4.08. The number of aryl methyl sites for hydroxylation is 2. The molecule has 0 bridgehead atoms. The summed E-state index contributed by atoms with van der Waals surface area (Å²) in [5, 5.41) is 4.54. The van der Waals surface area contributed by atoms with Crippen molar-refractivity contribution < 1.29 is 4.68 Å². The fourth-order valence-corrected chi connectivity index (χ4v) is 1.61. The molecule has 0 fully saturated rings. The van der Waals surface area contributed by atoms with Crippen LogP contribution in [-0.4, -0.2) is 9.90 Å². The van der Waals surface area contributed by atoms with E-state index in [2.05, 4.69) is 48.5 Å². The third kappa shape index (κ3) is 2.56. The van der Waals surface area contributed by atoms with Crippen molar-refractivity contribution in [3.05, 3.63) is 11.9 Å². The van der Waals surface area contributed by atoms with Crippen LogP contribution in [0.15, 0.2) is 6.20 Å². The van der Waals surface area contributed by atoms with E-state index in [-0.39, 0.29) is 0 Å². The molecule has 80 valence electrons. The van der Waals surface area contributed by atoms with Gasteiger partial charge in [0.05, 0.1) is 5.21 Å². The van der Waals surface area contributed by atoms with Gasteiger partial charge >= 0.3 is 0 Å². The van der Waals surface area contributed by atoms with Gasteiger partial charge in [0, 0.05) is 5.92 Å². The summed E-state index contributed by atoms with van der Waals surface area (Å²) in [5.74, 6) is 0.562. The second-order valence-corrected chi connectivity index (χ2v) is 4.08. The predicted molar refractivity (Wildman–Crippen MR) is 57.1 cm³/mol. The SMILES string of the molecule is CCCn1n[n+](CCC)cc1C(C)C. The molecule has 0 radical (unpaired) electrons. The molecule has 1 heterocycles. The third-order valence-electron chi connectivity index (χ3n) is 2.28. The molecule has 0 N–H and O–H groups in total. The molecule has 1 aromatic heterocycles. The van der Waals surface area contributed by atoms with Gasteiger partial charge in [0.1, 0.15) is 13.1 Å². The lowest BCUT2D eigenvalue weighted by Gasteiger charge is -1.98. The molecule has 14 heavy (non-hydrogen) atoms. The molecule has 0 aliphatic carbocycles. The van der Waals surface area contributed by atoms with Gasteiger partial charge in [-0.1, -0.05) is 27.7 Å². The Morgan fingerprint density at radius 3 is 2.57 bits per heavy atom. The minimum absolute atomic E-state index is 0.562. The Morgan fingerprint density at radius 2 is 2.07 bits per heavy atom. The summed E-state index contributed by atoms with van der Waals surface area (Å²) < 4.78 is 4.20. The zero-order valence-corrected chi connectivity index (χ0v) is 9.82. The highest BCUT2D eigenvalue weighted by molar-refractivity contribution is 4.97. The van der Waals surface area contributed by atoms with Crippen molar-refractivity contribution in [1.29, 1.82) is 0 Å². The zero-order chi connectivity index (χ0) is 10.6. The van der Waals surface area contributed by atoms with E-state index in [0.717, 1.165) is 25.9 Å². The van der Waals surface area contributed by atoms with E-state index < -0.39 is 0 Å². The fourth-order valence-electron chi connectivity index (χ4n) is 1.61. The van der Waals surface area contributed by atoms with E-state index >= 15 is 0 Å². The summed E-state index contributed by atoms with van der Waals surface area (Å²) >= 11 is 0. The highest BCUT2D eigenvalue weighted by atomic mass is 15.5. The average molecular weight is 196 g/mol. The van der Waals surface area contributed by atoms with Crippen LogP contribution in [0.5, 0.6) is 0 Å². The Bertz CT molecular complexity index is 276. The Morgan fingerprint density at radius 1 is 1.36 bits per heavy atom. The normalized spacial score (nSPS) is 11.2. The highest BCUT2D eigenvalue weighted by Gasteiger charge is 2.17. The quantitative estimate of drug-likeness (QED) is 0.661. The molecule has 0 unspecified atom stereocenters. The summed E-state index contributed by atoms with van der Waals surface area (Å²) in [4.78, 5) is 0. The van der Waals surface area contributed by atoms with Gasteiger partial charge in [-0.05, 0) is 12.8 Å². The van der Waals surface area contributed by atoms with Crippen LogP contribution in [0.4, 0.5) is 0 Å². The predicted octanol–water partition coefficient (Wildman–Crippen LogP) is 2.11. The molecule has 0 saturated heterocycles. The molecule has 3 heteroatoms. The Kier molecular flexibility index (Phi) is 4.11. The molecule has 0 amide bonds. The van der Waals surface area contributed by atoms with Gasteiger partial charge in [-0.25, -0.2) is 0 Å². The fraction of sp³-hybridized carbons (Fsp3) is 0.818. The van der Waals surface area contributed by atoms with Crippen LogP contribution in [0, 0.1) is 0 Å². The summed E-state index contributed by atoms with van der Waals surface area (Å²) in [5.41, 5.74) is 1.35. The van der Waals surface area contributed by atoms with Gasteiger partial charge in [0.25, 0.3) is 0 Å². The number of rotatable bonds is 5. The van der Waals surface area contributed by atoms with E-state index in [4.69, 9.17) is 0 Å². The Balaban J connectivity index is 2.87. The molecule has 3 nitrogen and oxygen atoms in total. The smallest absolute Gasteiger partial charge is 0.137 e. The largest absolute Gasteiger partial charge is 0.170 e. The summed E-state index contributed by atoms with van der Waals surface area (Å²) in [6.45, 7) is 10.9. The topological polar surface area (TPSA) is 21.7 Å². The van der Waals surface area contributed by atoms with Gasteiger partial charge in [0.2, 0.25) is 0 Å². The van der Waals surface area contributed by atoms with Gasteiger partial charge in [-0.15, -0.1) is 9.36 Å². The van der Waals surface area contributed by atoms with Crippen molar-refractivity contribution in [1.82, 2.24) is 9.90 Å². The van der Waals surface area contributed by atoms with Gasteiger partial charge in [-0.3, -0.25) is 0 Å². The van der Waals surface area contributed by atoms with Crippen LogP contribution in [0.2, 0.25) is 0 Å². The minimum atomic E-state index is 0.562. The molecule has 0 aliphatic heterocycles. The molecule has 0 aliphatic rings. The van der Waals surface area contributed by atoms with Crippen molar-refractivity contribution in [2.24, 2.45) is 0 Å². The highest BCUT2D eigenvalue weighted by Crippen LogP contribution is 2.11. The molecule has 0 spiro atoms. The maximum Gasteiger partial charge on any atom is 0.170 e. The summed E-state index contributed by atoms with van der Waals surface area (Å²) in [6, 6.07) is 0. The molecule has 0 saturated carbocycles. The first kappa shape index (κ1) is 11.2. The molecular weight excluding hydrogens is 174 g/mol. The van der Waals surface area contributed by atoms with E-state index in [1.165, 1.54) is 5.69 Å². The first-order valence-corrected chi connectivity index (χ1v) is 5.66. The van der Waals surface area contributed by atoms with E-state index in [1.807, 2.05) is 0 Å².